The average Bonchev–Trinajstić information content (AvgIpc) is 3.66. The van der Waals surface area contributed by atoms with Crippen molar-refractivity contribution in [3.63, 3.8) is 0 Å². The molecular weight excluding hydrogens is 731 g/mol. The Hall–Kier alpha value is -8.49. The van der Waals surface area contributed by atoms with Crippen molar-refractivity contribution in [3.05, 3.63) is 174 Å². The first kappa shape index (κ1) is 35.2. The van der Waals surface area contributed by atoms with Gasteiger partial charge in [-0.3, -0.25) is 19.2 Å². The lowest BCUT2D eigenvalue weighted by Gasteiger charge is -2.16. The maximum Gasteiger partial charge on any atom is 0.266 e. The summed E-state index contributed by atoms with van der Waals surface area (Å²) in [7, 11) is 0. The molecule has 0 bridgehead atoms. The molecule has 0 N–H and O–H groups in total. The van der Waals surface area contributed by atoms with Crippen molar-refractivity contribution in [1.29, 1.82) is 0 Å². The number of nitrogens with zero attached hydrogens (tertiary/aromatic N) is 5. The summed E-state index contributed by atoms with van der Waals surface area (Å²) in [5, 5.41) is 0. The molecular formula is C47H25N5O6. The number of aliphatic imine (C=N–C) groups is 2. The van der Waals surface area contributed by atoms with Crippen LogP contribution in [0.2, 0.25) is 0 Å². The third kappa shape index (κ3) is 6.13. The molecule has 0 saturated heterocycles. The van der Waals surface area contributed by atoms with E-state index in [0.29, 0.717) is 33.9 Å². The Morgan fingerprint density at radius 2 is 0.759 bits per heavy atom. The average molecular weight is 756 g/mol. The highest BCUT2D eigenvalue weighted by molar-refractivity contribution is 6.35. The number of carbonyl (C=O) groups excluding carboxylic acids is 6. The van der Waals surface area contributed by atoms with Crippen molar-refractivity contribution in [2.75, 3.05) is 9.80 Å². The van der Waals surface area contributed by atoms with Gasteiger partial charge in [0.1, 0.15) is 0 Å². The molecule has 11 nitrogen and oxygen atoms in total. The lowest BCUT2D eigenvalue weighted by molar-refractivity contribution is 0.0910. The van der Waals surface area contributed by atoms with E-state index in [1.54, 1.807) is 48.5 Å². The van der Waals surface area contributed by atoms with Crippen LogP contribution in [0.25, 0.3) is 44.8 Å². The number of isocyanates is 2. The minimum Gasteiger partial charge on any atom is -0.268 e. The zero-order valence-electron chi connectivity index (χ0n) is 30.1. The monoisotopic (exact) mass is 755 g/mol. The third-order valence-electron chi connectivity index (χ3n) is 10.1. The number of anilines is 2. The molecule has 0 fully saturated rings. The molecule has 0 radical (unpaired) electrons. The number of fused-ring (bicyclic) bond motifs is 2. The summed E-state index contributed by atoms with van der Waals surface area (Å²) in [6, 6.07) is 44.7. The second kappa shape index (κ2) is 14.3. The summed E-state index contributed by atoms with van der Waals surface area (Å²) < 4.78 is 0. The Bertz CT molecular complexity index is 2810. The van der Waals surface area contributed by atoms with E-state index < -0.39 is 23.6 Å². The van der Waals surface area contributed by atoms with Gasteiger partial charge < -0.3 is 0 Å². The summed E-state index contributed by atoms with van der Waals surface area (Å²) >= 11 is 0. The molecule has 4 amide bonds. The second-order valence-electron chi connectivity index (χ2n) is 13.4. The molecule has 0 aliphatic carbocycles. The second-order valence-corrected chi connectivity index (χ2v) is 13.4. The van der Waals surface area contributed by atoms with Crippen LogP contribution in [0.5, 0.6) is 0 Å². The first-order chi connectivity index (χ1) is 28.3. The Balaban J connectivity index is 1.06. The zero-order chi connectivity index (χ0) is 39.9. The molecule has 11 heteroatoms. The van der Waals surface area contributed by atoms with Crippen LogP contribution < -0.4 is 9.80 Å². The van der Waals surface area contributed by atoms with Gasteiger partial charge in [0.05, 0.1) is 56.4 Å². The molecule has 2 aliphatic rings. The molecule has 6 aromatic carbocycles. The number of benzene rings is 6. The van der Waals surface area contributed by atoms with Crippen molar-refractivity contribution >= 4 is 58.5 Å². The van der Waals surface area contributed by atoms with Gasteiger partial charge in [0.2, 0.25) is 12.2 Å². The number of pyridine rings is 1. The highest BCUT2D eigenvalue weighted by Crippen LogP contribution is 2.36. The number of hydrogen-bond acceptors (Lipinski definition) is 9. The van der Waals surface area contributed by atoms with Crippen molar-refractivity contribution in [2.45, 2.75) is 0 Å². The highest BCUT2D eigenvalue weighted by Gasteiger charge is 2.38. The SMILES string of the molecule is O=C=Nc1ccc2c(c1)C(=O)N(c1ccc(-c3cc(-c4ccc(-c5ccccc5)cc4)cc(-c4ccc(N5C(=O)c6ccc(N=C=O)cc6C5=O)cc4)n3)cc1)C2=O. The molecule has 3 heterocycles. The largest absolute Gasteiger partial charge is 0.268 e. The number of hydrogen-bond donors (Lipinski definition) is 0. The van der Waals surface area contributed by atoms with Gasteiger partial charge in [-0.2, -0.15) is 9.98 Å². The third-order valence-corrected chi connectivity index (χ3v) is 10.1. The van der Waals surface area contributed by atoms with E-state index in [4.69, 9.17) is 4.98 Å². The summed E-state index contributed by atoms with van der Waals surface area (Å²) in [6.07, 6.45) is 2.90. The van der Waals surface area contributed by atoms with Crippen LogP contribution in [-0.2, 0) is 9.59 Å². The number of aromatic nitrogens is 1. The molecule has 58 heavy (non-hydrogen) atoms. The molecule has 9 rings (SSSR count). The van der Waals surface area contributed by atoms with Gasteiger partial charge in [-0.1, -0.05) is 78.9 Å². The van der Waals surface area contributed by atoms with Gasteiger partial charge in [0.15, 0.2) is 0 Å². The van der Waals surface area contributed by atoms with E-state index in [1.165, 1.54) is 48.6 Å². The molecule has 7 aromatic rings. The number of imide groups is 2. The van der Waals surface area contributed by atoms with Gasteiger partial charge in [-0.05, 0) is 95.1 Å². The Morgan fingerprint density at radius 1 is 0.379 bits per heavy atom. The molecule has 1 aromatic heterocycles. The molecule has 2 aliphatic heterocycles. The topological polar surface area (TPSA) is 147 Å². The first-order valence-corrected chi connectivity index (χ1v) is 17.9. The van der Waals surface area contributed by atoms with E-state index in [9.17, 15) is 28.8 Å². The molecule has 0 unspecified atom stereocenters. The summed E-state index contributed by atoms with van der Waals surface area (Å²) in [4.78, 5) is 89.3. The van der Waals surface area contributed by atoms with Crippen LogP contribution in [-0.4, -0.2) is 40.8 Å². The summed E-state index contributed by atoms with van der Waals surface area (Å²) in [5.74, 6) is -2.04. The fourth-order valence-electron chi connectivity index (χ4n) is 7.21. The maximum atomic E-state index is 13.4. The number of amides is 4. The van der Waals surface area contributed by atoms with Gasteiger partial charge >= 0.3 is 0 Å². The van der Waals surface area contributed by atoms with Gasteiger partial charge in [0.25, 0.3) is 23.6 Å². The Kier molecular flexibility index (Phi) is 8.68. The predicted octanol–water partition coefficient (Wildman–Crippen LogP) is 9.29. The number of carbonyl (C=O) groups is 4. The Morgan fingerprint density at radius 3 is 1.19 bits per heavy atom. The van der Waals surface area contributed by atoms with Crippen LogP contribution in [0.1, 0.15) is 41.4 Å². The van der Waals surface area contributed by atoms with Crippen molar-refractivity contribution in [2.24, 2.45) is 9.98 Å². The Labute approximate surface area is 329 Å². The number of rotatable bonds is 8. The molecule has 0 saturated carbocycles. The van der Waals surface area contributed by atoms with E-state index in [2.05, 4.69) is 22.1 Å². The normalized spacial score (nSPS) is 12.9. The molecule has 0 spiro atoms. The maximum absolute atomic E-state index is 13.4. The lowest BCUT2D eigenvalue weighted by Crippen LogP contribution is -2.29. The minimum absolute atomic E-state index is 0.148. The van der Waals surface area contributed by atoms with Crippen molar-refractivity contribution in [3.8, 4) is 44.8 Å². The fraction of sp³-hybridized carbons (Fsp3) is 0. The standard InChI is InChI=1S/C47H25N5O6/c53-26-48-34-14-20-38-40(24-34)46(57)51(44(38)55)36-16-10-31(11-17-36)42-22-33(30-8-6-29(7-9-30)28-4-2-1-3-5-28)23-43(50-42)32-12-18-37(19-13-32)52-45(56)39-21-15-35(49-27-54)25-41(39)47(52)58/h1-25H. The van der Waals surface area contributed by atoms with Gasteiger partial charge in [-0.15, -0.1) is 0 Å². The van der Waals surface area contributed by atoms with Gasteiger partial charge in [0, 0.05) is 11.1 Å². The van der Waals surface area contributed by atoms with Crippen molar-refractivity contribution < 1.29 is 28.8 Å². The molecule has 274 valence electrons. The zero-order valence-corrected chi connectivity index (χ0v) is 30.1. The van der Waals surface area contributed by atoms with E-state index in [0.717, 1.165) is 32.1 Å². The van der Waals surface area contributed by atoms with Crippen molar-refractivity contribution in [1.82, 2.24) is 4.98 Å². The predicted molar refractivity (Wildman–Crippen MR) is 217 cm³/mol. The summed E-state index contributed by atoms with van der Waals surface area (Å²) in [5.41, 5.74) is 8.51. The van der Waals surface area contributed by atoms with E-state index in [-0.39, 0.29) is 33.6 Å². The fourth-order valence-corrected chi connectivity index (χ4v) is 7.21. The first-order valence-electron chi connectivity index (χ1n) is 17.9. The van der Waals surface area contributed by atoms with Crippen LogP contribution in [0.15, 0.2) is 162 Å². The quantitative estimate of drug-likeness (QED) is 0.0853. The summed E-state index contributed by atoms with van der Waals surface area (Å²) in [6.45, 7) is 0. The van der Waals surface area contributed by atoms with Crippen LogP contribution in [0.4, 0.5) is 22.7 Å². The van der Waals surface area contributed by atoms with E-state index >= 15 is 0 Å². The highest BCUT2D eigenvalue weighted by atomic mass is 16.2. The van der Waals surface area contributed by atoms with E-state index in [1.807, 2.05) is 54.6 Å². The van der Waals surface area contributed by atoms with Crippen LogP contribution >= 0.6 is 0 Å². The minimum atomic E-state index is -0.529. The van der Waals surface area contributed by atoms with Crippen LogP contribution in [0, 0.1) is 0 Å². The molecule has 0 atom stereocenters. The van der Waals surface area contributed by atoms with Crippen LogP contribution in [0.3, 0.4) is 0 Å². The smallest absolute Gasteiger partial charge is 0.266 e. The lowest BCUT2D eigenvalue weighted by atomic mass is 9.97. The van der Waals surface area contributed by atoms with Gasteiger partial charge in [-0.25, -0.2) is 24.4 Å².